The van der Waals surface area contributed by atoms with Gasteiger partial charge in [0, 0.05) is 6.04 Å². The Morgan fingerprint density at radius 2 is 1.48 bits per heavy atom. The number of para-hydroxylation sites is 1. The van der Waals surface area contributed by atoms with Crippen LogP contribution in [0.3, 0.4) is 0 Å². The molecule has 1 aromatic rings. The van der Waals surface area contributed by atoms with E-state index in [9.17, 15) is 14.4 Å². The zero-order valence-corrected chi connectivity index (χ0v) is 18.2. The average Bonchev–Trinajstić information content (AvgIpc) is 3.37. The smallest absolute Gasteiger partial charge is 0.257 e. The van der Waals surface area contributed by atoms with Gasteiger partial charge in [0.1, 0.15) is 6.04 Å². The Bertz CT molecular complexity index is 869. The van der Waals surface area contributed by atoms with Gasteiger partial charge in [-0.2, -0.15) is 0 Å². The van der Waals surface area contributed by atoms with E-state index in [4.69, 9.17) is 0 Å². The first-order chi connectivity index (χ1) is 15.0. The van der Waals surface area contributed by atoms with Gasteiger partial charge in [0.2, 0.25) is 11.8 Å². The molecule has 5 saturated carbocycles. The Morgan fingerprint density at radius 1 is 0.903 bits per heavy atom. The molecule has 4 bridgehead atoms. The van der Waals surface area contributed by atoms with Crippen LogP contribution in [0.1, 0.15) is 70.6 Å². The van der Waals surface area contributed by atoms with Crippen LogP contribution in [-0.2, 0) is 14.4 Å². The molecule has 1 heterocycles. The van der Waals surface area contributed by atoms with Gasteiger partial charge in [-0.15, -0.1) is 0 Å². The van der Waals surface area contributed by atoms with Crippen LogP contribution >= 0.6 is 0 Å². The van der Waals surface area contributed by atoms with Gasteiger partial charge >= 0.3 is 0 Å². The third kappa shape index (κ3) is 3.07. The van der Waals surface area contributed by atoms with E-state index < -0.39 is 6.04 Å². The van der Waals surface area contributed by atoms with Crippen molar-refractivity contribution in [1.29, 1.82) is 0 Å². The van der Waals surface area contributed by atoms with E-state index in [-0.39, 0.29) is 35.6 Å². The van der Waals surface area contributed by atoms with Gasteiger partial charge in [-0.25, -0.2) is 4.90 Å². The molecular weight excluding hydrogens is 388 g/mol. The summed E-state index contributed by atoms with van der Waals surface area (Å²) in [6.07, 6.45) is 11.1. The number of hydrogen-bond acceptors (Lipinski definition) is 3. The summed E-state index contributed by atoms with van der Waals surface area (Å²) in [4.78, 5) is 44.1. The molecule has 5 nitrogen and oxygen atoms in total. The molecule has 5 heteroatoms. The molecule has 6 fully saturated rings. The van der Waals surface area contributed by atoms with Crippen LogP contribution in [0.4, 0.5) is 5.69 Å². The third-order valence-corrected chi connectivity index (χ3v) is 8.92. The quantitative estimate of drug-likeness (QED) is 0.682. The highest BCUT2D eigenvalue weighted by molar-refractivity contribution is 6.23. The first kappa shape index (κ1) is 19.5. The van der Waals surface area contributed by atoms with Crippen molar-refractivity contribution >= 4 is 23.4 Å². The van der Waals surface area contributed by atoms with E-state index in [2.05, 4.69) is 0 Å². The standard InChI is InChI=1S/C26H32N2O3/c29-23-13-22(24(30)28(23)21-6-2-1-3-7-21)27(20-8-4-5-9-20)25(31)26-14-17-10-18(15-26)12-19(11-17)16-26/h1-3,6-7,17-20,22H,4-5,8-16H2. The van der Waals surface area contributed by atoms with Crippen LogP contribution in [0.2, 0.25) is 0 Å². The molecule has 3 amide bonds. The lowest BCUT2D eigenvalue weighted by Crippen LogP contribution is -2.59. The summed E-state index contributed by atoms with van der Waals surface area (Å²) in [6.45, 7) is 0. The lowest BCUT2D eigenvalue weighted by Gasteiger charge is -2.57. The predicted octanol–water partition coefficient (Wildman–Crippen LogP) is 4.31. The zero-order chi connectivity index (χ0) is 21.2. The summed E-state index contributed by atoms with van der Waals surface area (Å²) < 4.78 is 0. The molecular formula is C26H32N2O3. The van der Waals surface area contributed by atoms with Gasteiger partial charge in [0.05, 0.1) is 17.5 Å². The molecule has 1 unspecified atom stereocenters. The minimum atomic E-state index is -0.628. The Hall–Kier alpha value is -2.17. The molecule has 6 aliphatic rings. The molecule has 31 heavy (non-hydrogen) atoms. The number of benzene rings is 1. The van der Waals surface area contributed by atoms with E-state index in [1.165, 1.54) is 24.2 Å². The fraction of sp³-hybridized carbons (Fsp3) is 0.654. The third-order valence-electron chi connectivity index (χ3n) is 8.92. The van der Waals surface area contributed by atoms with Gasteiger partial charge in [-0.05, 0) is 81.3 Å². The van der Waals surface area contributed by atoms with Crippen molar-refractivity contribution in [1.82, 2.24) is 4.90 Å². The van der Waals surface area contributed by atoms with Crippen LogP contribution in [0.15, 0.2) is 30.3 Å². The highest BCUT2D eigenvalue weighted by Gasteiger charge is 2.58. The summed E-state index contributed by atoms with van der Waals surface area (Å²) in [5.41, 5.74) is 0.342. The summed E-state index contributed by atoms with van der Waals surface area (Å²) in [5, 5.41) is 0. The van der Waals surface area contributed by atoms with Crippen LogP contribution in [0, 0.1) is 23.2 Å². The Kier molecular flexibility index (Phi) is 4.52. The molecule has 1 aliphatic heterocycles. The molecule has 164 valence electrons. The number of amides is 3. The first-order valence-electron chi connectivity index (χ1n) is 12.3. The van der Waals surface area contributed by atoms with Crippen LogP contribution < -0.4 is 4.90 Å². The Labute approximate surface area is 184 Å². The zero-order valence-electron chi connectivity index (χ0n) is 18.2. The minimum absolute atomic E-state index is 0.109. The molecule has 1 aromatic carbocycles. The summed E-state index contributed by atoms with van der Waals surface area (Å²) in [7, 11) is 0. The van der Waals surface area contributed by atoms with E-state index in [1.54, 1.807) is 12.1 Å². The maximum atomic E-state index is 14.3. The Balaban J connectivity index is 1.34. The highest BCUT2D eigenvalue weighted by atomic mass is 16.2. The maximum absolute atomic E-state index is 14.3. The molecule has 7 rings (SSSR count). The molecule has 5 aliphatic carbocycles. The maximum Gasteiger partial charge on any atom is 0.257 e. The molecule has 1 atom stereocenters. The molecule has 0 spiro atoms. The SMILES string of the molecule is O=C1CC(N(C(=O)C23CC4CC(CC(C4)C2)C3)C2CCCC2)C(=O)N1c1ccccc1. The van der Waals surface area contributed by atoms with Crippen molar-refractivity contribution in [3.63, 3.8) is 0 Å². The molecule has 1 saturated heterocycles. The number of rotatable bonds is 4. The van der Waals surface area contributed by atoms with E-state index in [0.717, 1.165) is 44.9 Å². The van der Waals surface area contributed by atoms with Crippen molar-refractivity contribution in [2.75, 3.05) is 4.90 Å². The van der Waals surface area contributed by atoms with Crippen molar-refractivity contribution in [2.45, 2.75) is 82.7 Å². The van der Waals surface area contributed by atoms with Crippen LogP contribution in [0.5, 0.6) is 0 Å². The number of hydrogen-bond donors (Lipinski definition) is 0. The highest BCUT2D eigenvalue weighted by Crippen LogP contribution is 2.61. The van der Waals surface area contributed by atoms with Crippen molar-refractivity contribution in [3.8, 4) is 0 Å². The van der Waals surface area contributed by atoms with Gasteiger partial charge in [-0.1, -0.05) is 31.0 Å². The number of carbonyl (C=O) groups excluding carboxylic acids is 3. The summed E-state index contributed by atoms with van der Waals surface area (Å²) in [6, 6.07) is 8.66. The Morgan fingerprint density at radius 3 is 2.06 bits per heavy atom. The second-order valence-corrected chi connectivity index (χ2v) is 11.0. The fourth-order valence-corrected chi connectivity index (χ4v) is 8.07. The molecule has 0 radical (unpaired) electrons. The van der Waals surface area contributed by atoms with E-state index in [1.807, 2.05) is 23.1 Å². The van der Waals surface area contributed by atoms with E-state index >= 15 is 0 Å². The monoisotopic (exact) mass is 420 g/mol. The van der Waals surface area contributed by atoms with Gasteiger partial charge < -0.3 is 4.90 Å². The number of imide groups is 1. The molecule has 0 aromatic heterocycles. The number of anilines is 1. The molecule has 0 N–H and O–H groups in total. The number of nitrogens with zero attached hydrogens (tertiary/aromatic N) is 2. The van der Waals surface area contributed by atoms with Gasteiger partial charge in [0.25, 0.3) is 5.91 Å². The van der Waals surface area contributed by atoms with Crippen molar-refractivity contribution < 1.29 is 14.4 Å². The first-order valence-corrected chi connectivity index (χ1v) is 12.3. The normalized spacial score (nSPS) is 37.1. The second-order valence-electron chi connectivity index (χ2n) is 11.0. The van der Waals surface area contributed by atoms with Crippen molar-refractivity contribution in [3.05, 3.63) is 30.3 Å². The van der Waals surface area contributed by atoms with Crippen LogP contribution in [0.25, 0.3) is 0 Å². The van der Waals surface area contributed by atoms with Crippen LogP contribution in [-0.4, -0.2) is 34.7 Å². The second kappa shape index (κ2) is 7.18. The van der Waals surface area contributed by atoms with E-state index in [0.29, 0.717) is 23.4 Å². The predicted molar refractivity (Wildman–Crippen MR) is 117 cm³/mol. The van der Waals surface area contributed by atoms with Gasteiger partial charge in [-0.3, -0.25) is 14.4 Å². The number of carbonyl (C=O) groups is 3. The lowest BCUT2D eigenvalue weighted by atomic mass is 9.49. The largest absolute Gasteiger partial charge is 0.327 e. The lowest BCUT2D eigenvalue weighted by molar-refractivity contribution is -0.164. The van der Waals surface area contributed by atoms with Crippen molar-refractivity contribution in [2.24, 2.45) is 23.2 Å². The average molecular weight is 421 g/mol. The summed E-state index contributed by atoms with van der Waals surface area (Å²) in [5.74, 6) is 1.87. The minimum Gasteiger partial charge on any atom is -0.327 e. The fourth-order valence-electron chi connectivity index (χ4n) is 8.07. The topological polar surface area (TPSA) is 57.7 Å². The van der Waals surface area contributed by atoms with Gasteiger partial charge in [0.15, 0.2) is 0 Å². The summed E-state index contributed by atoms with van der Waals surface area (Å²) >= 11 is 0.